The minimum Gasteiger partial charge on any atom is -0.354 e. The smallest absolute Gasteiger partial charge is 0.354 e. The van der Waals surface area contributed by atoms with Crippen LogP contribution >= 0.6 is 11.8 Å². The molecule has 1 saturated carbocycles. The Kier molecular flexibility index (Phi) is 7.82. The number of nitrogens with zero attached hydrogens (tertiary/aromatic N) is 7. The van der Waals surface area contributed by atoms with Crippen LogP contribution in [0.5, 0.6) is 0 Å². The van der Waals surface area contributed by atoms with E-state index in [9.17, 15) is 13.2 Å². The van der Waals surface area contributed by atoms with Gasteiger partial charge in [0.2, 0.25) is 0 Å². The van der Waals surface area contributed by atoms with E-state index < -0.39 is 12.6 Å². The Bertz CT molecular complexity index is 1510. The normalized spacial score (nSPS) is 17.4. The van der Waals surface area contributed by atoms with E-state index in [0.717, 1.165) is 42.6 Å². The number of rotatable bonds is 7. The second-order valence-electron chi connectivity index (χ2n) is 10.9. The maximum atomic E-state index is 13.0. The molecule has 2 fully saturated rings. The summed E-state index contributed by atoms with van der Waals surface area (Å²) in [5.41, 5.74) is 2.09. The number of piperazine rings is 1. The lowest BCUT2D eigenvalue weighted by atomic mass is 9.94. The molecule has 1 aliphatic carbocycles. The molecule has 222 valence electrons. The third kappa shape index (κ3) is 6.61. The van der Waals surface area contributed by atoms with Gasteiger partial charge in [-0.1, -0.05) is 19.3 Å². The van der Waals surface area contributed by atoms with Gasteiger partial charge in [0, 0.05) is 64.8 Å². The fourth-order valence-corrected chi connectivity index (χ4v) is 6.59. The van der Waals surface area contributed by atoms with E-state index in [2.05, 4.69) is 30.3 Å². The van der Waals surface area contributed by atoms with Crippen molar-refractivity contribution in [2.45, 2.75) is 67.7 Å². The lowest BCUT2D eigenvalue weighted by molar-refractivity contribution is -0.128. The van der Waals surface area contributed by atoms with Gasteiger partial charge in [-0.05, 0) is 49.7 Å². The van der Waals surface area contributed by atoms with E-state index >= 15 is 0 Å². The number of hydrogen-bond acceptors (Lipinski definition) is 8. The van der Waals surface area contributed by atoms with E-state index in [4.69, 9.17) is 9.97 Å². The van der Waals surface area contributed by atoms with Gasteiger partial charge in [-0.15, -0.1) is 0 Å². The zero-order valence-corrected chi connectivity index (χ0v) is 24.0. The van der Waals surface area contributed by atoms with Gasteiger partial charge in [0.1, 0.15) is 23.9 Å². The third-order valence-corrected chi connectivity index (χ3v) is 8.75. The average Bonchev–Trinajstić information content (AvgIpc) is 3.49. The van der Waals surface area contributed by atoms with Crippen molar-refractivity contribution in [3.8, 4) is 0 Å². The Morgan fingerprint density at radius 1 is 1.00 bits per heavy atom. The summed E-state index contributed by atoms with van der Waals surface area (Å²) in [5.74, 6) is 2.13. The molecule has 3 aromatic heterocycles. The Hall–Kier alpha value is -3.32. The fraction of sp³-hybridized carbons (Fsp3) is 0.500. The van der Waals surface area contributed by atoms with Gasteiger partial charge in [-0.2, -0.15) is 18.3 Å². The molecular formula is C28H38F3N9S. The molecular weight excluding hydrogens is 551 g/mol. The Labute approximate surface area is 243 Å². The maximum absolute atomic E-state index is 13.0. The van der Waals surface area contributed by atoms with Crippen LogP contribution in [0.3, 0.4) is 0 Å². The lowest BCUT2D eigenvalue weighted by Gasteiger charge is -2.41. The van der Waals surface area contributed by atoms with Crippen molar-refractivity contribution < 1.29 is 16.0 Å². The second kappa shape index (κ2) is 11.5. The second-order valence-corrected chi connectivity index (χ2v) is 11.9. The molecule has 1 saturated heterocycles. The van der Waals surface area contributed by atoms with Crippen LogP contribution in [0.1, 0.15) is 46.5 Å². The van der Waals surface area contributed by atoms with Gasteiger partial charge in [0.15, 0.2) is 11.0 Å². The van der Waals surface area contributed by atoms with Crippen molar-refractivity contribution in [3.05, 3.63) is 41.9 Å². The quantitative estimate of drug-likeness (QED) is 0.241. The Balaban J connectivity index is 0.00000212. The molecule has 0 unspecified atom stereocenters. The molecule has 4 aromatic rings. The summed E-state index contributed by atoms with van der Waals surface area (Å²) in [6.45, 7) is 5.74. The van der Waals surface area contributed by atoms with Crippen LogP contribution in [0.4, 0.5) is 30.6 Å². The summed E-state index contributed by atoms with van der Waals surface area (Å²) in [4.78, 5) is 19.6. The number of nitrogens with one attached hydrogen (secondary N) is 2. The molecule has 13 heteroatoms. The molecule has 1 aliphatic heterocycles. The first kappa shape index (κ1) is 27.8. The predicted molar refractivity (Wildman–Crippen MR) is 158 cm³/mol. The standard InChI is InChI=1S/C28H34F3N9S.2H2/c1-18-14-24(37-36-18)33-23-16-25(40-12-10-39(11-13-40)19-6-4-3-5-7-19)35-27(34-23)41-20-8-9-21-22(15-20)38(2)26(32-21)17-28(29,30)31;;/h8-9,14-16,19H,3-7,10-13,17H2,1-2H3,(H2,33,34,35,36,37);2*1H. The summed E-state index contributed by atoms with van der Waals surface area (Å²) in [7, 11) is 1.61. The Morgan fingerprint density at radius 3 is 2.49 bits per heavy atom. The summed E-state index contributed by atoms with van der Waals surface area (Å²) in [5, 5.41) is 11.1. The zero-order chi connectivity index (χ0) is 28.6. The highest BCUT2D eigenvalue weighted by molar-refractivity contribution is 7.99. The number of aryl methyl sites for hydroxylation is 2. The zero-order valence-electron chi connectivity index (χ0n) is 23.2. The monoisotopic (exact) mass is 589 g/mol. The minimum atomic E-state index is -4.32. The molecule has 41 heavy (non-hydrogen) atoms. The van der Waals surface area contributed by atoms with Crippen molar-refractivity contribution in [3.63, 3.8) is 0 Å². The van der Waals surface area contributed by atoms with Gasteiger partial charge >= 0.3 is 6.18 Å². The topological polar surface area (TPSA) is 90.8 Å². The van der Waals surface area contributed by atoms with Crippen LogP contribution in [-0.4, -0.2) is 73.0 Å². The number of imidazole rings is 1. The van der Waals surface area contributed by atoms with Crippen LogP contribution < -0.4 is 10.2 Å². The summed E-state index contributed by atoms with van der Waals surface area (Å²) in [6, 6.07) is 10.00. The van der Waals surface area contributed by atoms with E-state index in [1.807, 2.05) is 31.2 Å². The Morgan fingerprint density at radius 2 is 1.78 bits per heavy atom. The number of H-pyrrole nitrogens is 1. The molecule has 0 atom stereocenters. The minimum absolute atomic E-state index is 0. The summed E-state index contributed by atoms with van der Waals surface area (Å²) >= 11 is 1.37. The molecule has 0 amide bonds. The van der Waals surface area contributed by atoms with Crippen molar-refractivity contribution in [2.24, 2.45) is 7.05 Å². The highest BCUT2D eigenvalue weighted by atomic mass is 32.2. The average molecular weight is 590 g/mol. The summed E-state index contributed by atoms with van der Waals surface area (Å²) < 4.78 is 40.6. The van der Waals surface area contributed by atoms with Crippen LogP contribution in [0.2, 0.25) is 0 Å². The molecule has 9 nitrogen and oxygen atoms in total. The number of fused-ring (bicyclic) bond motifs is 1. The van der Waals surface area contributed by atoms with Gasteiger partial charge in [0.25, 0.3) is 0 Å². The van der Waals surface area contributed by atoms with Crippen LogP contribution in [0, 0.1) is 6.92 Å². The molecule has 4 heterocycles. The number of anilines is 3. The van der Waals surface area contributed by atoms with Gasteiger partial charge < -0.3 is 14.8 Å². The van der Waals surface area contributed by atoms with E-state index in [0.29, 0.717) is 33.9 Å². The van der Waals surface area contributed by atoms with Crippen LogP contribution in [0.25, 0.3) is 11.0 Å². The molecule has 2 aliphatic rings. The molecule has 0 spiro atoms. The first-order valence-corrected chi connectivity index (χ1v) is 14.9. The van der Waals surface area contributed by atoms with Crippen molar-refractivity contribution in [2.75, 3.05) is 36.4 Å². The number of aromatic nitrogens is 6. The van der Waals surface area contributed by atoms with Crippen molar-refractivity contribution in [1.82, 2.24) is 34.6 Å². The largest absolute Gasteiger partial charge is 0.396 e. The van der Waals surface area contributed by atoms with Crippen LogP contribution in [0.15, 0.2) is 40.4 Å². The molecule has 0 bridgehead atoms. The summed E-state index contributed by atoms with van der Waals surface area (Å²) in [6.07, 6.45) is 1.21. The van der Waals surface area contributed by atoms with Crippen molar-refractivity contribution in [1.29, 1.82) is 0 Å². The first-order chi connectivity index (χ1) is 19.7. The van der Waals surface area contributed by atoms with Gasteiger partial charge in [0.05, 0.1) is 11.0 Å². The highest BCUT2D eigenvalue weighted by Gasteiger charge is 2.30. The fourth-order valence-electron chi connectivity index (χ4n) is 5.79. The van der Waals surface area contributed by atoms with Gasteiger partial charge in [-0.25, -0.2) is 15.0 Å². The van der Waals surface area contributed by atoms with E-state index in [1.165, 1.54) is 48.4 Å². The lowest BCUT2D eigenvalue weighted by Crippen LogP contribution is -2.51. The molecule has 1 aromatic carbocycles. The molecule has 6 rings (SSSR count). The number of halogens is 3. The molecule has 2 N–H and O–H groups in total. The molecule has 0 radical (unpaired) electrons. The first-order valence-electron chi connectivity index (χ1n) is 14.1. The highest BCUT2D eigenvalue weighted by Crippen LogP contribution is 2.33. The number of hydrogen-bond donors (Lipinski definition) is 2. The van der Waals surface area contributed by atoms with E-state index in [-0.39, 0.29) is 8.68 Å². The van der Waals surface area contributed by atoms with Crippen LogP contribution in [-0.2, 0) is 13.5 Å². The van der Waals surface area contributed by atoms with E-state index in [1.54, 1.807) is 13.1 Å². The number of alkyl halides is 3. The SMILES string of the molecule is Cc1cc(Nc2cc(N3CCN(C4CCCCC4)CC3)nc(Sc3ccc4nc(CC(F)(F)F)n(C)c4c3)n2)n[nH]1.[HH].[HH]. The third-order valence-electron chi connectivity index (χ3n) is 7.90. The van der Waals surface area contributed by atoms with Gasteiger partial charge in [-0.3, -0.25) is 10.00 Å². The predicted octanol–water partition coefficient (Wildman–Crippen LogP) is 6.34. The van der Waals surface area contributed by atoms with Crippen molar-refractivity contribution >= 4 is 40.2 Å². The maximum Gasteiger partial charge on any atom is 0.396 e. The number of aromatic amines is 1. The number of benzene rings is 1.